The molecular weight excluding hydrogens is 366 g/mol. The summed E-state index contributed by atoms with van der Waals surface area (Å²) in [6.45, 7) is 8.59. The van der Waals surface area contributed by atoms with Crippen LogP contribution in [0.1, 0.15) is 61.8 Å². The van der Waals surface area contributed by atoms with E-state index >= 15 is 0 Å². The van der Waals surface area contributed by atoms with Crippen LogP contribution in [0.3, 0.4) is 0 Å². The summed E-state index contributed by atoms with van der Waals surface area (Å²) in [5.41, 5.74) is 5.38. The van der Waals surface area contributed by atoms with Crippen LogP contribution >= 0.6 is 0 Å². The molecule has 0 bridgehead atoms. The van der Waals surface area contributed by atoms with E-state index in [2.05, 4.69) is 45.1 Å². The van der Waals surface area contributed by atoms with E-state index < -0.39 is 0 Å². The third-order valence-electron chi connectivity index (χ3n) is 5.23. The highest BCUT2D eigenvalue weighted by Gasteiger charge is 2.27. The van der Waals surface area contributed by atoms with Crippen LogP contribution in [0.4, 0.5) is 5.69 Å². The quantitative estimate of drug-likeness (QED) is 0.661. The Kier molecular flexibility index (Phi) is 5.87. The second-order valence-electron chi connectivity index (χ2n) is 7.81. The number of ether oxygens (including phenoxy) is 3. The predicted octanol–water partition coefficient (Wildman–Crippen LogP) is 5.45. The lowest BCUT2D eigenvalue weighted by Gasteiger charge is -2.19. The monoisotopic (exact) mass is 395 g/mol. The van der Waals surface area contributed by atoms with Crippen molar-refractivity contribution in [3.05, 3.63) is 46.5 Å². The molecule has 29 heavy (non-hydrogen) atoms. The Morgan fingerprint density at radius 3 is 1.86 bits per heavy atom. The third kappa shape index (κ3) is 3.82. The van der Waals surface area contributed by atoms with Gasteiger partial charge in [-0.2, -0.15) is 0 Å². The van der Waals surface area contributed by atoms with E-state index in [0.29, 0.717) is 28.9 Å². The van der Waals surface area contributed by atoms with Crippen molar-refractivity contribution in [3.63, 3.8) is 0 Å². The maximum Gasteiger partial charge on any atom is 0.256 e. The Morgan fingerprint density at radius 1 is 0.828 bits per heavy atom. The third-order valence-corrected chi connectivity index (χ3v) is 5.23. The number of nitrogens with one attached hydrogen (secondary N) is 1. The number of anilines is 1. The van der Waals surface area contributed by atoms with E-state index in [1.165, 1.54) is 0 Å². The summed E-state index contributed by atoms with van der Waals surface area (Å²) >= 11 is 0. The molecule has 1 amide bonds. The summed E-state index contributed by atoms with van der Waals surface area (Å²) in [5.74, 6) is 2.57. The molecule has 5 heteroatoms. The van der Waals surface area contributed by atoms with Gasteiger partial charge in [0.05, 0.1) is 27.0 Å². The fourth-order valence-electron chi connectivity index (χ4n) is 3.70. The number of methoxy groups -OCH3 is 3. The number of fused-ring (bicyclic) bond motifs is 1. The summed E-state index contributed by atoms with van der Waals surface area (Å²) in [4.78, 5) is 12.7. The van der Waals surface area contributed by atoms with E-state index in [9.17, 15) is 4.79 Å². The molecule has 0 aliphatic carbocycles. The molecule has 3 rings (SSSR count). The van der Waals surface area contributed by atoms with Crippen molar-refractivity contribution in [2.75, 3.05) is 26.6 Å². The van der Waals surface area contributed by atoms with Crippen LogP contribution < -0.4 is 19.5 Å². The topological polar surface area (TPSA) is 56.8 Å². The number of rotatable bonds is 6. The van der Waals surface area contributed by atoms with Crippen LogP contribution in [0.25, 0.3) is 11.6 Å². The van der Waals surface area contributed by atoms with Crippen molar-refractivity contribution < 1.29 is 19.0 Å². The molecule has 5 nitrogen and oxygen atoms in total. The molecule has 0 aromatic heterocycles. The van der Waals surface area contributed by atoms with Gasteiger partial charge in [0.15, 0.2) is 11.5 Å². The van der Waals surface area contributed by atoms with Crippen LogP contribution in [-0.4, -0.2) is 27.2 Å². The van der Waals surface area contributed by atoms with Gasteiger partial charge < -0.3 is 19.5 Å². The Labute approximate surface area is 172 Å². The number of hydrogen-bond donors (Lipinski definition) is 1. The molecule has 0 fully saturated rings. The molecule has 0 unspecified atom stereocenters. The maximum atomic E-state index is 12.7. The normalized spacial score (nSPS) is 14.4. The van der Waals surface area contributed by atoms with Crippen LogP contribution in [0, 0.1) is 0 Å². The van der Waals surface area contributed by atoms with Crippen LogP contribution in [0.5, 0.6) is 17.2 Å². The summed E-state index contributed by atoms with van der Waals surface area (Å²) in [7, 11) is 4.88. The van der Waals surface area contributed by atoms with Crippen molar-refractivity contribution in [2.24, 2.45) is 0 Å². The molecule has 2 aromatic carbocycles. The van der Waals surface area contributed by atoms with Gasteiger partial charge >= 0.3 is 0 Å². The molecule has 1 N–H and O–H groups in total. The number of carbonyl (C=O) groups is 1. The minimum absolute atomic E-state index is 0.136. The highest BCUT2D eigenvalue weighted by atomic mass is 16.5. The summed E-state index contributed by atoms with van der Waals surface area (Å²) < 4.78 is 16.5. The Bertz CT molecular complexity index is 944. The van der Waals surface area contributed by atoms with E-state index in [1.54, 1.807) is 27.4 Å². The zero-order valence-electron chi connectivity index (χ0n) is 18.2. The van der Waals surface area contributed by atoms with Crippen molar-refractivity contribution in [3.8, 4) is 17.2 Å². The van der Waals surface area contributed by atoms with Crippen LogP contribution in [0.15, 0.2) is 24.3 Å². The first-order valence-electron chi connectivity index (χ1n) is 9.81. The largest absolute Gasteiger partial charge is 0.496 e. The summed E-state index contributed by atoms with van der Waals surface area (Å²) in [5, 5.41) is 2.92. The SMILES string of the molecule is COc1cc2c(cc1OC)/C(=C/c1cc(C(C)C)c(OC)c(C(C)C)c1)C(=O)N2. The lowest BCUT2D eigenvalue weighted by atomic mass is 9.90. The Hall–Kier alpha value is -2.95. The maximum absolute atomic E-state index is 12.7. The lowest BCUT2D eigenvalue weighted by molar-refractivity contribution is -0.110. The minimum Gasteiger partial charge on any atom is -0.496 e. The molecule has 0 atom stereocenters. The van der Waals surface area contributed by atoms with Crippen molar-refractivity contribution >= 4 is 23.2 Å². The molecule has 0 saturated carbocycles. The van der Waals surface area contributed by atoms with Gasteiger partial charge in [0, 0.05) is 17.2 Å². The molecule has 1 aliphatic heterocycles. The highest BCUT2D eigenvalue weighted by Crippen LogP contribution is 2.42. The fraction of sp³-hybridized carbons (Fsp3) is 0.375. The van der Waals surface area contributed by atoms with Gasteiger partial charge in [0.25, 0.3) is 5.91 Å². The molecule has 0 saturated heterocycles. The summed E-state index contributed by atoms with van der Waals surface area (Å²) in [6.07, 6.45) is 1.93. The molecule has 0 radical (unpaired) electrons. The molecule has 2 aromatic rings. The second-order valence-corrected chi connectivity index (χ2v) is 7.81. The van der Waals surface area contributed by atoms with E-state index in [1.807, 2.05) is 12.1 Å². The highest BCUT2D eigenvalue weighted by molar-refractivity contribution is 6.35. The first kappa shape index (κ1) is 20.8. The number of hydrogen-bond acceptors (Lipinski definition) is 4. The average molecular weight is 395 g/mol. The number of amides is 1. The van der Waals surface area contributed by atoms with E-state index in [-0.39, 0.29) is 5.91 Å². The van der Waals surface area contributed by atoms with Gasteiger partial charge in [-0.15, -0.1) is 0 Å². The standard InChI is InChI=1S/C24H29NO4/c1-13(2)16-8-15(9-17(14(3)4)23(16)29-7)10-19-18-11-21(27-5)22(28-6)12-20(18)25-24(19)26/h8-14H,1-7H3,(H,25,26)/b19-10-. The zero-order chi connectivity index (χ0) is 21.3. The van der Waals surface area contributed by atoms with Gasteiger partial charge in [0.1, 0.15) is 5.75 Å². The zero-order valence-corrected chi connectivity index (χ0v) is 18.2. The molecule has 1 heterocycles. The van der Waals surface area contributed by atoms with Gasteiger partial charge in [-0.25, -0.2) is 0 Å². The average Bonchev–Trinajstić information content (AvgIpc) is 3.00. The second kappa shape index (κ2) is 8.19. The van der Waals surface area contributed by atoms with Crippen LogP contribution in [0.2, 0.25) is 0 Å². The predicted molar refractivity (Wildman–Crippen MR) is 117 cm³/mol. The first-order chi connectivity index (χ1) is 13.8. The first-order valence-corrected chi connectivity index (χ1v) is 9.81. The van der Waals surface area contributed by atoms with Crippen molar-refractivity contribution in [1.82, 2.24) is 0 Å². The fourth-order valence-corrected chi connectivity index (χ4v) is 3.70. The smallest absolute Gasteiger partial charge is 0.256 e. The minimum atomic E-state index is -0.136. The van der Waals surface area contributed by atoms with Gasteiger partial charge in [-0.3, -0.25) is 4.79 Å². The molecule has 0 spiro atoms. The van der Waals surface area contributed by atoms with Gasteiger partial charge in [-0.05, 0) is 52.8 Å². The van der Waals surface area contributed by atoms with Crippen LogP contribution in [-0.2, 0) is 4.79 Å². The van der Waals surface area contributed by atoms with E-state index in [0.717, 1.165) is 33.7 Å². The lowest BCUT2D eigenvalue weighted by Crippen LogP contribution is -2.04. The van der Waals surface area contributed by atoms with Crippen molar-refractivity contribution in [2.45, 2.75) is 39.5 Å². The molecular formula is C24H29NO4. The Morgan fingerprint density at radius 2 is 1.38 bits per heavy atom. The number of benzene rings is 2. The number of carbonyl (C=O) groups excluding carboxylic acids is 1. The van der Waals surface area contributed by atoms with Gasteiger partial charge in [-0.1, -0.05) is 27.7 Å². The summed E-state index contributed by atoms with van der Waals surface area (Å²) in [6, 6.07) is 7.84. The molecule has 1 aliphatic rings. The van der Waals surface area contributed by atoms with Crippen molar-refractivity contribution in [1.29, 1.82) is 0 Å². The van der Waals surface area contributed by atoms with Gasteiger partial charge in [0.2, 0.25) is 0 Å². The molecule has 154 valence electrons. The Balaban J connectivity index is 2.18. The van der Waals surface area contributed by atoms with E-state index in [4.69, 9.17) is 14.2 Å².